The lowest BCUT2D eigenvalue weighted by Crippen LogP contribution is -2.51. The van der Waals surface area contributed by atoms with Gasteiger partial charge < -0.3 is 25.6 Å². The van der Waals surface area contributed by atoms with Crippen molar-refractivity contribution in [2.75, 3.05) is 32.0 Å². The molecule has 2 aromatic carbocycles. The van der Waals surface area contributed by atoms with Crippen molar-refractivity contribution in [3.63, 3.8) is 0 Å². The summed E-state index contributed by atoms with van der Waals surface area (Å²) in [5.41, 5.74) is 7.09. The highest BCUT2D eigenvalue weighted by Gasteiger charge is 2.32. The molecule has 1 saturated heterocycles. The molecule has 0 bridgehead atoms. The first-order chi connectivity index (χ1) is 17.2. The lowest BCUT2D eigenvalue weighted by molar-refractivity contribution is 0.0642. The maximum absolute atomic E-state index is 13.5. The Morgan fingerprint density at radius 2 is 1.89 bits per heavy atom. The molecule has 198 valence electrons. The van der Waals surface area contributed by atoms with Crippen molar-refractivity contribution >= 4 is 21.8 Å². The number of benzene rings is 2. The molecule has 0 saturated carbocycles. The monoisotopic (exact) mass is 519 g/mol. The number of aliphatic hydroxyl groups is 1. The lowest BCUT2D eigenvalue weighted by Gasteiger charge is -2.31. The first kappa shape index (κ1) is 27.9. The standard InChI is InChI=1S/C26H37N3O6S/c1-3-19(2)16-29(36(32,33)23-11-9-21(27)10-12-23)17-25(30)24(15-20-7-5-4-6-8-20)28-26(31)35-22-13-14-34-18-22/h4-12,19,22,24-25,30H,3,13-18,27H2,1-2H3,(H,28,31). The van der Waals surface area contributed by atoms with Gasteiger partial charge in [0, 0.05) is 25.2 Å². The van der Waals surface area contributed by atoms with Gasteiger partial charge in [0.05, 0.1) is 30.3 Å². The SMILES string of the molecule is CCC(C)CN(CC(O)C(Cc1ccccc1)NC(=O)OC1CCOC1)S(=O)(=O)c1ccc(N)cc1. The number of rotatable bonds is 12. The van der Waals surface area contributed by atoms with E-state index in [0.29, 0.717) is 31.7 Å². The van der Waals surface area contributed by atoms with Gasteiger partial charge in [-0.1, -0.05) is 50.6 Å². The minimum Gasteiger partial charge on any atom is -0.444 e. The van der Waals surface area contributed by atoms with Crippen LogP contribution < -0.4 is 11.1 Å². The molecule has 1 fully saturated rings. The van der Waals surface area contributed by atoms with E-state index in [9.17, 15) is 18.3 Å². The van der Waals surface area contributed by atoms with Crippen molar-refractivity contribution in [1.82, 2.24) is 9.62 Å². The number of carbonyl (C=O) groups excluding carboxylic acids is 1. The second kappa shape index (κ2) is 13.0. The highest BCUT2D eigenvalue weighted by molar-refractivity contribution is 7.89. The van der Waals surface area contributed by atoms with Gasteiger partial charge >= 0.3 is 6.09 Å². The van der Waals surface area contributed by atoms with Crippen LogP contribution in [-0.4, -0.2) is 68.5 Å². The second-order valence-electron chi connectivity index (χ2n) is 9.30. The molecule has 2 aromatic rings. The topological polar surface area (TPSA) is 131 Å². The van der Waals surface area contributed by atoms with Gasteiger partial charge in [0.15, 0.2) is 0 Å². The van der Waals surface area contributed by atoms with Crippen LogP contribution >= 0.6 is 0 Å². The molecular formula is C26H37N3O6S. The molecule has 4 unspecified atom stereocenters. The van der Waals surface area contributed by atoms with Crippen molar-refractivity contribution in [2.24, 2.45) is 5.92 Å². The van der Waals surface area contributed by atoms with E-state index in [1.54, 1.807) is 0 Å². The fraction of sp³-hybridized carbons (Fsp3) is 0.500. The third-order valence-electron chi connectivity index (χ3n) is 6.35. The zero-order valence-corrected chi connectivity index (χ0v) is 21.7. The van der Waals surface area contributed by atoms with Crippen molar-refractivity contribution < 1.29 is 27.8 Å². The summed E-state index contributed by atoms with van der Waals surface area (Å²) in [5.74, 6) is 0.0635. The predicted octanol–water partition coefficient (Wildman–Crippen LogP) is 2.79. The van der Waals surface area contributed by atoms with E-state index in [0.717, 1.165) is 12.0 Å². The quantitative estimate of drug-likeness (QED) is 0.368. The molecule has 4 N–H and O–H groups in total. The van der Waals surface area contributed by atoms with Crippen molar-refractivity contribution in [1.29, 1.82) is 0 Å². The number of nitrogens with two attached hydrogens (primary N) is 1. The number of anilines is 1. The van der Waals surface area contributed by atoms with E-state index >= 15 is 0 Å². The molecular weight excluding hydrogens is 482 g/mol. The maximum Gasteiger partial charge on any atom is 0.407 e. The summed E-state index contributed by atoms with van der Waals surface area (Å²) >= 11 is 0. The Morgan fingerprint density at radius 3 is 2.50 bits per heavy atom. The summed E-state index contributed by atoms with van der Waals surface area (Å²) in [6.07, 6.45) is -0.511. The highest BCUT2D eigenvalue weighted by atomic mass is 32.2. The summed E-state index contributed by atoms with van der Waals surface area (Å²) in [5, 5.41) is 14.0. The zero-order chi connectivity index (χ0) is 26.1. The Hall–Kier alpha value is -2.66. The van der Waals surface area contributed by atoms with E-state index in [4.69, 9.17) is 15.2 Å². The lowest BCUT2D eigenvalue weighted by atomic mass is 10.0. The van der Waals surface area contributed by atoms with Crippen molar-refractivity contribution in [3.05, 3.63) is 60.2 Å². The van der Waals surface area contributed by atoms with E-state index < -0.39 is 28.3 Å². The average Bonchev–Trinajstić information content (AvgIpc) is 3.36. The number of hydrogen-bond donors (Lipinski definition) is 3. The molecule has 0 aliphatic carbocycles. The summed E-state index contributed by atoms with van der Waals surface area (Å²) in [7, 11) is -3.91. The van der Waals surface area contributed by atoms with E-state index in [1.165, 1.54) is 28.6 Å². The number of alkyl carbamates (subject to hydrolysis) is 1. The predicted molar refractivity (Wildman–Crippen MR) is 138 cm³/mol. The van der Waals surface area contributed by atoms with Crippen LogP contribution in [0.2, 0.25) is 0 Å². The summed E-state index contributed by atoms with van der Waals surface area (Å²) < 4.78 is 39.0. The molecule has 0 radical (unpaired) electrons. The number of amides is 1. The van der Waals surface area contributed by atoms with Crippen molar-refractivity contribution in [3.8, 4) is 0 Å². The number of aliphatic hydroxyl groups excluding tert-OH is 1. The highest BCUT2D eigenvalue weighted by Crippen LogP contribution is 2.21. The number of hydrogen-bond acceptors (Lipinski definition) is 7. The molecule has 1 aliphatic rings. The number of ether oxygens (including phenoxy) is 2. The van der Waals surface area contributed by atoms with Crippen LogP contribution in [0.1, 0.15) is 32.3 Å². The number of sulfonamides is 1. The Bertz CT molecular complexity index is 1060. The van der Waals surface area contributed by atoms with E-state index in [2.05, 4.69) is 5.32 Å². The normalized spacial score (nSPS) is 18.5. The average molecular weight is 520 g/mol. The van der Waals surface area contributed by atoms with Gasteiger partial charge in [-0.15, -0.1) is 0 Å². The molecule has 0 aromatic heterocycles. The van der Waals surface area contributed by atoms with Crippen LogP contribution in [0.15, 0.2) is 59.5 Å². The maximum atomic E-state index is 13.5. The number of carbonyl (C=O) groups is 1. The minimum absolute atomic E-state index is 0.0635. The minimum atomic E-state index is -3.91. The fourth-order valence-electron chi connectivity index (χ4n) is 3.97. The number of nitrogen functional groups attached to an aromatic ring is 1. The third-order valence-corrected chi connectivity index (χ3v) is 8.19. The molecule has 36 heavy (non-hydrogen) atoms. The van der Waals surface area contributed by atoms with Crippen LogP contribution in [0.4, 0.5) is 10.5 Å². The van der Waals surface area contributed by atoms with Crippen LogP contribution in [0.25, 0.3) is 0 Å². The summed E-state index contributed by atoms with van der Waals surface area (Å²) in [6, 6.07) is 14.6. The van der Waals surface area contributed by atoms with Gasteiger partial charge in [-0.25, -0.2) is 13.2 Å². The molecule has 3 rings (SSSR count). The van der Waals surface area contributed by atoms with Gasteiger partial charge in [0.2, 0.25) is 10.0 Å². The fourth-order valence-corrected chi connectivity index (χ4v) is 5.54. The molecule has 1 aliphatic heterocycles. The zero-order valence-electron chi connectivity index (χ0n) is 20.9. The Labute approximate surface area is 213 Å². The van der Waals surface area contributed by atoms with Gasteiger partial charge in [-0.05, 0) is 42.2 Å². The third kappa shape index (κ3) is 7.92. The van der Waals surface area contributed by atoms with Gasteiger partial charge in [-0.2, -0.15) is 4.31 Å². The first-order valence-corrected chi connectivity index (χ1v) is 13.8. The number of nitrogens with zero attached hydrogens (tertiary/aromatic N) is 1. The van der Waals surface area contributed by atoms with E-state index in [1.807, 2.05) is 44.2 Å². The molecule has 1 amide bonds. The van der Waals surface area contributed by atoms with Gasteiger partial charge in [-0.3, -0.25) is 0 Å². The molecule has 4 atom stereocenters. The Balaban J connectivity index is 1.81. The van der Waals surface area contributed by atoms with Gasteiger partial charge in [0.1, 0.15) is 6.10 Å². The largest absolute Gasteiger partial charge is 0.444 e. The molecule has 0 spiro atoms. The van der Waals surface area contributed by atoms with E-state index in [-0.39, 0.29) is 30.0 Å². The van der Waals surface area contributed by atoms with Crippen LogP contribution in [0, 0.1) is 5.92 Å². The molecule has 9 nitrogen and oxygen atoms in total. The van der Waals surface area contributed by atoms with Crippen LogP contribution in [0.3, 0.4) is 0 Å². The van der Waals surface area contributed by atoms with Crippen LogP contribution in [0.5, 0.6) is 0 Å². The van der Waals surface area contributed by atoms with Gasteiger partial charge in [0.25, 0.3) is 0 Å². The Morgan fingerprint density at radius 1 is 1.19 bits per heavy atom. The molecule has 10 heteroatoms. The Kier molecular flexibility index (Phi) is 10.1. The first-order valence-electron chi connectivity index (χ1n) is 12.3. The number of nitrogens with one attached hydrogen (secondary N) is 1. The smallest absolute Gasteiger partial charge is 0.407 e. The van der Waals surface area contributed by atoms with Crippen molar-refractivity contribution in [2.45, 2.75) is 56.3 Å². The second-order valence-corrected chi connectivity index (χ2v) is 11.2. The van der Waals surface area contributed by atoms with Crippen LogP contribution in [-0.2, 0) is 25.9 Å². The summed E-state index contributed by atoms with van der Waals surface area (Å²) in [6.45, 7) is 4.84. The molecule has 1 heterocycles. The summed E-state index contributed by atoms with van der Waals surface area (Å²) in [4.78, 5) is 12.7.